The predicted molar refractivity (Wildman–Crippen MR) is 144 cm³/mol. The number of thiophene rings is 1. The maximum Gasteiger partial charge on any atom is 0.307 e. The number of nitrogens with zero attached hydrogens (tertiary/aromatic N) is 2. The molecular weight excluding hydrogens is 488 g/mol. The van der Waals surface area contributed by atoms with E-state index in [1.165, 1.54) is 0 Å². The fraction of sp³-hybridized carbons (Fsp3) is 0.286. The van der Waals surface area contributed by atoms with E-state index >= 15 is 0 Å². The zero-order valence-corrected chi connectivity index (χ0v) is 21.9. The number of anilines is 1. The molecule has 0 radical (unpaired) electrons. The van der Waals surface area contributed by atoms with Crippen molar-refractivity contribution in [1.29, 1.82) is 0 Å². The van der Waals surface area contributed by atoms with Gasteiger partial charge in [-0.1, -0.05) is 49.3 Å². The fourth-order valence-corrected chi connectivity index (χ4v) is 4.47. The Balaban J connectivity index is 1.38. The van der Waals surface area contributed by atoms with Crippen molar-refractivity contribution in [3.8, 4) is 22.2 Å². The first kappa shape index (κ1) is 26.1. The number of esters is 1. The minimum absolute atomic E-state index is 0.0604. The molecule has 1 unspecified atom stereocenters. The lowest BCUT2D eigenvalue weighted by Crippen LogP contribution is -2.26. The summed E-state index contributed by atoms with van der Waals surface area (Å²) in [7, 11) is 0. The van der Waals surface area contributed by atoms with Gasteiger partial charge in [-0.2, -0.15) is 4.98 Å². The van der Waals surface area contributed by atoms with E-state index in [1.807, 2.05) is 41.8 Å². The maximum absolute atomic E-state index is 12.4. The number of rotatable bonds is 11. The SMILES string of the molecule is CCOC(=O)CCNC(=O)c1ccc(NC(c2ccc(-c3noc(-c4cccs4)n3)cc2)C(C)C)cc1. The van der Waals surface area contributed by atoms with Crippen molar-refractivity contribution >= 4 is 28.9 Å². The van der Waals surface area contributed by atoms with Crippen LogP contribution >= 0.6 is 11.3 Å². The van der Waals surface area contributed by atoms with Crippen molar-refractivity contribution in [1.82, 2.24) is 15.5 Å². The largest absolute Gasteiger partial charge is 0.466 e. The van der Waals surface area contributed by atoms with Crippen LogP contribution in [0.25, 0.3) is 22.2 Å². The molecule has 2 aromatic heterocycles. The minimum Gasteiger partial charge on any atom is -0.466 e. The molecular formula is C28H30N4O4S. The molecule has 9 heteroatoms. The summed E-state index contributed by atoms with van der Waals surface area (Å²) in [5.74, 6) is 0.838. The van der Waals surface area contributed by atoms with Gasteiger partial charge in [0.25, 0.3) is 11.8 Å². The van der Waals surface area contributed by atoms with Crippen molar-refractivity contribution in [3.05, 3.63) is 77.2 Å². The summed E-state index contributed by atoms with van der Waals surface area (Å²) >= 11 is 1.56. The van der Waals surface area contributed by atoms with Crippen LogP contribution < -0.4 is 10.6 Å². The van der Waals surface area contributed by atoms with Crippen LogP contribution in [0.3, 0.4) is 0 Å². The number of carbonyl (C=O) groups excluding carboxylic acids is 2. The van der Waals surface area contributed by atoms with Gasteiger partial charge in [-0.3, -0.25) is 9.59 Å². The highest BCUT2D eigenvalue weighted by atomic mass is 32.1. The maximum atomic E-state index is 12.4. The van der Waals surface area contributed by atoms with Crippen molar-refractivity contribution < 1.29 is 18.8 Å². The number of hydrogen-bond acceptors (Lipinski definition) is 8. The summed E-state index contributed by atoms with van der Waals surface area (Å²) in [6, 6.07) is 19.4. The molecule has 4 rings (SSSR count). The molecule has 37 heavy (non-hydrogen) atoms. The van der Waals surface area contributed by atoms with E-state index in [9.17, 15) is 9.59 Å². The lowest BCUT2D eigenvalue weighted by molar-refractivity contribution is -0.142. The van der Waals surface area contributed by atoms with Gasteiger partial charge >= 0.3 is 5.97 Å². The minimum atomic E-state index is -0.324. The quantitative estimate of drug-likeness (QED) is 0.236. The Morgan fingerprint density at radius 3 is 2.46 bits per heavy atom. The summed E-state index contributed by atoms with van der Waals surface area (Å²) < 4.78 is 10.3. The van der Waals surface area contributed by atoms with Crippen LogP contribution in [-0.2, 0) is 9.53 Å². The molecule has 0 saturated carbocycles. The topological polar surface area (TPSA) is 106 Å². The lowest BCUT2D eigenvalue weighted by Gasteiger charge is -2.24. The Morgan fingerprint density at radius 2 is 1.81 bits per heavy atom. The summed E-state index contributed by atoms with van der Waals surface area (Å²) in [5, 5.41) is 12.4. The standard InChI is InChI=1S/C28H30N4O4S/c1-4-35-24(33)15-16-29-27(34)21-11-13-22(14-12-21)30-25(18(2)3)19-7-9-20(10-8-19)26-31-28(36-32-26)23-6-5-17-37-23/h5-14,17-18,25,30H,4,15-16H2,1-3H3,(H,29,34). The molecule has 192 valence electrons. The second kappa shape index (κ2) is 12.3. The van der Waals surface area contributed by atoms with Crippen LogP contribution in [-0.4, -0.2) is 35.2 Å². The van der Waals surface area contributed by atoms with E-state index < -0.39 is 0 Å². The second-order valence-electron chi connectivity index (χ2n) is 8.78. The van der Waals surface area contributed by atoms with E-state index in [1.54, 1.807) is 30.4 Å². The normalized spacial score (nSPS) is 11.8. The summed E-state index contributed by atoms with van der Waals surface area (Å²) in [4.78, 5) is 29.3. The van der Waals surface area contributed by atoms with E-state index in [0.717, 1.165) is 21.7 Å². The molecule has 0 aliphatic rings. The predicted octanol–water partition coefficient (Wildman–Crippen LogP) is 5.96. The van der Waals surface area contributed by atoms with Crippen LogP contribution in [0.2, 0.25) is 0 Å². The first-order valence-corrected chi connectivity index (χ1v) is 13.1. The highest BCUT2D eigenvalue weighted by molar-refractivity contribution is 7.13. The van der Waals surface area contributed by atoms with Crippen molar-refractivity contribution in [2.75, 3.05) is 18.5 Å². The Labute approximate surface area is 220 Å². The smallest absolute Gasteiger partial charge is 0.307 e. The van der Waals surface area contributed by atoms with E-state index in [2.05, 4.69) is 46.8 Å². The van der Waals surface area contributed by atoms with Gasteiger partial charge in [0.15, 0.2) is 0 Å². The molecule has 0 aliphatic carbocycles. The van der Waals surface area contributed by atoms with Crippen LogP contribution in [0, 0.1) is 5.92 Å². The van der Waals surface area contributed by atoms with Gasteiger partial charge in [0, 0.05) is 23.4 Å². The van der Waals surface area contributed by atoms with Crippen LogP contribution in [0.4, 0.5) is 5.69 Å². The van der Waals surface area contributed by atoms with Crippen LogP contribution in [0.15, 0.2) is 70.6 Å². The van der Waals surface area contributed by atoms with Gasteiger partial charge < -0.3 is 19.9 Å². The fourth-order valence-electron chi connectivity index (χ4n) is 3.83. The number of hydrogen-bond donors (Lipinski definition) is 2. The van der Waals surface area contributed by atoms with Gasteiger partial charge in [-0.15, -0.1) is 11.3 Å². The third kappa shape index (κ3) is 6.83. The van der Waals surface area contributed by atoms with Crippen molar-refractivity contribution in [3.63, 3.8) is 0 Å². The molecule has 8 nitrogen and oxygen atoms in total. The Kier molecular flexibility index (Phi) is 8.68. The molecule has 2 N–H and O–H groups in total. The van der Waals surface area contributed by atoms with Crippen LogP contribution in [0.1, 0.15) is 49.2 Å². The second-order valence-corrected chi connectivity index (χ2v) is 9.72. The first-order valence-electron chi connectivity index (χ1n) is 12.2. The first-order chi connectivity index (χ1) is 17.9. The molecule has 1 amide bonds. The van der Waals surface area contributed by atoms with Crippen LogP contribution in [0.5, 0.6) is 0 Å². The molecule has 0 spiro atoms. The monoisotopic (exact) mass is 518 g/mol. The molecule has 2 aromatic carbocycles. The summed E-state index contributed by atoms with van der Waals surface area (Å²) in [5.41, 5.74) is 3.45. The number of carbonyl (C=O) groups is 2. The van der Waals surface area contributed by atoms with Gasteiger partial charge in [-0.25, -0.2) is 0 Å². The Morgan fingerprint density at radius 1 is 1.05 bits per heavy atom. The third-order valence-corrected chi connectivity index (χ3v) is 6.60. The summed E-state index contributed by atoms with van der Waals surface area (Å²) in [6.07, 6.45) is 0.149. The number of amides is 1. The molecule has 0 aliphatic heterocycles. The number of ether oxygens (including phenoxy) is 1. The van der Waals surface area contributed by atoms with Crippen molar-refractivity contribution in [2.45, 2.75) is 33.2 Å². The zero-order valence-electron chi connectivity index (χ0n) is 21.1. The molecule has 0 fully saturated rings. The van der Waals surface area contributed by atoms with E-state index in [4.69, 9.17) is 9.26 Å². The van der Waals surface area contributed by atoms with Gasteiger partial charge in [0.1, 0.15) is 0 Å². The molecule has 1 atom stereocenters. The highest BCUT2D eigenvalue weighted by Crippen LogP contribution is 2.30. The molecule has 4 aromatic rings. The van der Waals surface area contributed by atoms with Gasteiger partial charge in [-0.05, 0) is 54.1 Å². The van der Waals surface area contributed by atoms with E-state index in [0.29, 0.717) is 29.8 Å². The lowest BCUT2D eigenvalue weighted by atomic mass is 9.94. The highest BCUT2D eigenvalue weighted by Gasteiger charge is 2.18. The summed E-state index contributed by atoms with van der Waals surface area (Å²) in [6.45, 7) is 6.64. The average molecular weight is 519 g/mol. The van der Waals surface area contributed by atoms with Gasteiger partial charge in [0.05, 0.1) is 23.9 Å². The molecule has 0 bridgehead atoms. The zero-order chi connectivity index (χ0) is 26.2. The average Bonchev–Trinajstić information content (AvgIpc) is 3.60. The number of aromatic nitrogens is 2. The number of nitrogens with one attached hydrogen (secondary N) is 2. The van der Waals surface area contributed by atoms with Crippen molar-refractivity contribution in [2.24, 2.45) is 5.92 Å². The van der Waals surface area contributed by atoms with E-state index in [-0.39, 0.29) is 30.9 Å². The van der Waals surface area contributed by atoms with Gasteiger partial charge in [0.2, 0.25) is 5.82 Å². The Hall–Kier alpha value is -3.98. The third-order valence-electron chi connectivity index (χ3n) is 5.74. The number of benzene rings is 2. The molecule has 0 saturated heterocycles. The molecule has 2 heterocycles. The Bertz CT molecular complexity index is 1300.